The van der Waals surface area contributed by atoms with E-state index in [-0.39, 0.29) is 17.1 Å². The van der Waals surface area contributed by atoms with Gasteiger partial charge in [0.05, 0.1) is 39.5 Å². The van der Waals surface area contributed by atoms with Gasteiger partial charge in [0.1, 0.15) is 5.75 Å². The van der Waals surface area contributed by atoms with E-state index in [1.165, 1.54) is 69.3 Å². The molecule has 0 saturated carbocycles. The van der Waals surface area contributed by atoms with Crippen LogP contribution in [0, 0.1) is 40.9 Å². The maximum absolute atomic E-state index is 7.06. The second-order valence-electron chi connectivity index (χ2n) is 24.2. The molecule has 1 aliphatic rings. The van der Waals surface area contributed by atoms with Crippen LogP contribution in [0.5, 0.6) is 5.75 Å². The molecular weight excluding hydrogens is 763 g/mol. The molecule has 60 heavy (non-hydrogen) atoms. The molecule has 1 unspecified atom stereocenters. The van der Waals surface area contributed by atoms with Crippen molar-refractivity contribution in [2.24, 2.45) is 40.9 Å². The van der Waals surface area contributed by atoms with Crippen molar-refractivity contribution in [3.05, 3.63) is 60.2 Å². The number of hydrogen-bond donors (Lipinski definition) is 0. The van der Waals surface area contributed by atoms with Gasteiger partial charge in [0, 0.05) is 17.2 Å². The second kappa shape index (κ2) is 19.6. The maximum atomic E-state index is 7.06. The summed E-state index contributed by atoms with van der Waals surface area (Å²) in [6, 6.07) is 30.8. The SMILES string of the molecule is CC(C)C[Si](CC(C)C)(CC(C)C)c1ccc2c3ccc([Si](CC(C)C)(CC(C)C)CC(C)C)cc3n(-c3cc(C(C)(C)CC(C)(C)C)ccc3OC3CCCCO3)c2c1. The van der Waals surface area contributed by atoms with E-state index in [1.54, 1.807) is 10.4 Å². The molecule has 1 fully saturated rings. The number of rotatable bonds is 19. The zero-order valence-electron chi connectivity index (χ0n) is 41.8. The minimum Gasteiger partial charge on any atom is -0.463 e. The number of benzene rings is 3. The summed E-state index contributed by atoms with van der Waals surface area (Å²) in [5, 5.41) is 6.01. The lowest BCUT2D eigenvalue weighted by atomic mass is 9.72. The van der Waals surface area contributed by atoms with E-state index in [2.05, 4.69) is 177 Å². The summed E-state index contributed by atoms with van der Waals surface area (Å²) in [5.74, 6) is 4.92. The molecule has 1 aromatic heterocycles. The summed E-state index contributed by atoms with van der Waals surface area (Å²) < 4.78 is 16.1. The molecule has 0 amide bonds. The maximum Gasteiger partial charge on any atom is 0.199 e. The Morgan fingerprint density at radius 2 is 1.02 bits per heavy atom. The number of hydrogen-bond acceptors (Lipinski definition) is 2. The third-order valence-electron chi connectivity index (χ3n) is 13.1. The van der Waals surface area contributed by atoms with Crippen LogP contribution in [0.25, 0.3) is 27.5 Å². The van der Waals surface area contributed by atoms with Gasteiger partial charge < -0.3 is 14.0 Å². The highest BCUT2D eigenvalue weighted by Crippen LogP contribution is 2.43. The fourth-order valence-electron chi connectivity index (χ4n) is 12.4. The van der Waals surface area contributed by atoms with Crippen LogP contribution < -0.4 is 15.1 Å². The van der Waals surface area contributed by atoms with Gasteiger partial charge in [-0.15, -0.1) is 0 Å². The Labute approximate surface area is 371 Å². The molecule has 1 atom stereocenters. The Kier molecular flexibility index (Phi) is 15.9. The van der Waals surface area contributed by atoms with Crippen LogP contribution in [-0.2, 0) is 10.2 Å². The highest BCUT2D eigenvalue weighted by atomic mass is 28.3. The van der Waals surface area contributed by atoms with Gasteiger partial charge in [0.25, 0.3) is 0 Å². The van der Waals surface area contributed by atoms with Crippen molar-refractivity contribution in [3.8, 4) is 11.4 Å². The molecule has 1 saturated heterocycles. The van der Waals surface area contributed by atoms with Gasteiger partial charge in [-0.1, -0.05) is 195 Å². The first-order valence-electron chi connectivity index (χ1n) is 24.5. The quantitative estimate of drug-likeness (QED) is 0.0878. The van der Waals surface area contributed by atoms with Crippen molar-refractivity contribution in [2.75, 3.05) is 6.61 Å². The molecule has 0 N–H and O–H groups in total. The number of nitrogens with zero attached hydrogens (tertiary/aromatic N) is 1. The summed E-state index contributed by atoms with van der Waals surface area (Å²) in [6.45, 7) is 42.3. The first-order valence-corrected chi connectivity index (χ1v) is 29.7. The molecule has 1 aliphatic heterocycles. The van der Waals surface area contributed by atoms with E-state index in [1.807, 2.05) is 0 Å². The summed E-state index contributed by atoms with van der Waals surface area (Å²) in [6.07, 6.45) is 4.04. The first-order chi connectivity index (χ1) is 27.9. The fraction of sp³-hybridized carbons (Fsp3) is 0.673. The average Bonchev–Trinajstić information content (AvgIpc) is 3.42. The minimum absolute atomic E-state index is 0.0241. The zero-order valence-corrected chi connectivity index (χ0v) is 43.8. The van der Waals surface area contributed by atoms with E-state index < -0.39 is 16.1 Å². The highest BCUT2D eigenvalue weighted by Gasteiger charge is 2.40. The van der Waals surface area contributed by atoms with Crippen LogP contribution in [-0.4, -0.2) is 33.6 Å². The van der Waals surface area contributed by atoms with Crippen LogP contribution in [0.2, 0.25) is 36.3 Å². The van der Waals surface area contributed by atoms with Gasteiger partial charge in [0.2, 0.25) is 0 Å². The Hall–Kier alpha value is -2.35. The summed E-state index contributed by atoms with van der Waals surface area (Å²) >= 11 is 0. The second-order valence-corrected chi connectivity index (χ2v) is 32.9. The Bertz CT molecular complexity index is 1850. The summed E-state index contributed by atoms with van der Waals surface area (Å²) in [4.78, 5) is 0. The Morgan fingerprint density at radius 1 is 0.583 bits per heavy atom. The molecule has 5 rings (SSSR count). The lowest BCUT2D eigenvalue weighted by Crippen LogP contribution is -2.50. The van der Waals surface area contributed by atoms with Gasteiger partial charge in [0.15, 0.2) is 6.29 Å². The first kappa shape index (κ1) is 48.7. The lowest BCUT2D eigenvalue weighted by molar-refractivity contribution is -0.105. The van der Waals surface area contributed by atoms with E-state index in [0.29, 0.717) is 35.5 Å². The van der Waals surface area contributed by atoms with Crippen LogP contribution in [0.3, 0.4) is 0 Å². The Balaban J connectivity index is 1.96. The van der Waals surface area contributed by atoms with Crippen LogP contribution >= 0.6 is 0 Å². The average molecular weight is 852 g/mol. The predicted molar refractivity (Wildman–Crippen MR) is 271 cm³/mol. The third-order valence-corrected chi connectivity index (χ3v) is 25.8. The molecular formula is C55H89NO2Si2. The molecule has 5 heteroatoms. The molecule has 4 aromatic rings. The molecule has 2 heterocycles. The van der Waals surface area contributed by atoms with Gasteiger partial charge in [-0.05, 0) is 95.4 Å². The lowest BCUT2D eigenvalue weighted by Gasteiger charge is -2.37. The van der Waals surface area contributed by atoms with Crippen molar-refractivity contribution in [1.29, 1.82) is 0 Å². The molecule has 3 nitrogen and oxygen atoms in total. The van der Waals surface area contributed by atoms with Crippen LogP contribution in [0.1, 0.15) is 149 Å². The van der Waals surface area contributed by atoms with Crippen molar-refractivity contribution in [2.45, 2.75) is 191 Å². The topological polar surface area (TPSA) is 23.4 Å². The minimum atomic E-state index is -1.92. The monoisotopic (exact) mass is 852 g/mol. The molecule has 3 aromatic carbocycles. The number of aromatic nitrogens is 1. The van der Waals surface area contributed by atoms with Gasteiger partial charge in [-0.3, -0.25) is 0 Å². The van der Waals surface area contributed by atoms with Gasteiger partial charge >= 0.3 is 0 Å². The van der Waals surface area contributed by atoms with Crippen molar-refractivity contribution < 1.29 is 9.47 Å². The van der Waals surface area contributed by atoms with E-state index >= 15 is 0 Å². The normalized spacial score (nSPS) is 16.3. The Morgan fingerprint density at radius 3 is 1.38 bits per heavy atom. The van der Waals surface area contributed by atoms with Crippen LogP contribution in [0.15, 0.2) is 54.6 Å². The van der Waals surface area contributed by atoms with Crippen molar-refractivity contribution in [1.82, 2.24) is 4.57 Å². The molecule has 0 radical (unpaired) electrons. The molecule has 0 bridgehead atoms. The zero-order chi connectivity index (χ0) is 44.4. The van der Waals surface area contributed by atoms with E-state index in [0.717, 1.165) is 38.0 Å². The highest BCUT2D eigenvalue weighted by molar-refractivity contribution is 6.92. The fourth-order valence-corrected chi connectivity index (χ4v) is 26.0. The van der Waals surface area contributed by atoms with Crippen molar-refractivity contribution in [3.63, 3.8) is 0 Å². The third kappa shape index (κ3) is 11.8. The van der Waals surface area contributed by atoms with Gasteiger partial charge in [-0.2, -0.15) is 0 Å². The number of fused-ring (bicyclic) bond motifs is 3. The van der Waals surface area contributed by atoms with E-state index in [9.17, 15) is 0 Å². The van der Waals surface area contributed by atoms with E-state index in [4.69, 9.17) is 9.47 Å². The largest absolute Gasteiger partial charge is 0.463 e. The molecule has 0 aliphatic carbocycles. The molecule has 0 spiro atoms. The standard InChI is InChI=1S/C55H89NO2Si2/c1-38(2)31-59(32-39(3)4,33-40(5)6)45-22-24-47-48-25-23-46(60(34-41(7)8,35-42(9)10)36-43(11)12)30-50(48)56(49(47)29-45)51-28-44(55(16,17)37-54(13,14)15)21-26-52(51)58-53-20-18-19-27-57-53/h21-26,28-30,38-43,53H,18-20,27,31-37H2,1-17H3. The van der Waals surface area contributed by atoms with Crippen LogP contribution in [0.4, 0.5) is 0 Å². The predicted octanol–water partition coefficient (Wildman–Crippen LogP) is 15.7. The number of ether oxygens (including phenoxy) is 2. The summed E-state index contributed by atoms with van der Waals surface area (Å²) in [5.41, 5.74) is 5.40. The van der Waals surface area contributed by atoms with Gasteiger partial charge in [-0.25, -0.2) is 0 Å². The molecule has 334 valence electrons. The van der Waals surface area contributed by atoms with Crippen molar-refractivity contribution >= 4 is 48.3 Å². The summed E-state index contributed by atoms with van der Waals surface area (Å²) in [7, 11) is -3.84. The smallest absolute Gasteiger partial charge is 0.199 e.